The molecule has 0 fully saturated rings. The summed E-state index contributed by atoms with van der Waals surface area (Å²) in [6, 6.07) is 0. The fourth-order valence-corrected chi connectivity index (χ4v) is 5.38. The van der Waals surface area contributed by atoms with Crippen LogP contribution in [0.15, 0.2) is 0 Å². The van der Waals surface area contributed by atoms with Gasteiger partial charge in [-0.3, -0.25) is 0 Å². The first-order chi connectivity index (χ1) is 8.68. The van der Waals surface area contributed by atoms with Crippen LogP contribution in [0.25, 0.3) is 0 Å². The van der Waals surface area contributed by atoms with E-state index in [9.17, 15) is 0 Å². The highest BCUT2D eigenvalue weighted by molar-refractivity contribution is 8.12. The number of unbranched alkanes of at least 4 members (excludes halogenated alkanes) is 6. The molecule has 1 nitrogen and oxygen atoms in total. The van der Waals surface area contributed by atoms with Crippen molar-refractivity contribution in [3.05, 3.63) is 0 Å². The predicted octanol–water partition coefficient (Wildman–Crippen LogP) is 5.97. The van der Waals surface area contributed by atoms with Crippen LogP contribution in [0, 0.1) is 0 Å². The first-order valence-electron chi connectivity index (χ1n) is 7.91. The van der Waals surface area contributed by atoms with Crippen molar-refractivity contribution in [3.8, 4) is 0 Å². The van der Waals surface area contributed by atoms with Crippen LogP contribution in [0.2, 0.25) is 0 Å². The third-order valence-corrected chi connectivity index (χ3v) is 7.34. The fourth-order valence-electron chi connectivity index (χ4n) is 2.03. The number of hydrogen-bond acceptors (Lipinski definition) is 2. The summed E-state index contributed by atoms with van der Waals surface area (Å²) in [5.41, 5.74) is 0. The maximum atomic E-state index is 6.15. The average molecular weight is 292 g/mol. The summed E-state index contributed by atoms with van der Waals surface area (Å²) in [6.07, 6.45) is 12.3. The zero-order valence-corrected chi connectivity index (χ0v) is 14.5. The Morgan fingerprint density at radius 2 is 1.17 bits per heavy atom. The van der Waals surface area contributed by atoms with Crippen LogP contribution in [0.5, 0.6) is 0 Å². The highest BCUT2D eigenvalue weighted by Gasteiger charge is 2.16. The van der Waals surface area contributed by atoms with E-state index < -0.39 is 6.26 Å². The third kappa shape index (κ3) is 10.5. The van der Waals surface area contributed by atoms with Gasteiger partial charge in [0.25, 0.3) is 0 Å². The summed E-state index contributed by atoms with van der Waals surface area (Å²) in [5, 5.41) is 0. The molecule has 0 saturated heterocycles. The minimum absolute atomic E-state index is 0.906. The molecule has 0 radical (unpaired) electrons. The molecule has 0 heterocycles. The Balaban J connectivity index is 3.99. The Hall–Kier alpha value is 0.610. The summed E-state index contributed by atoms with van der Waals surface area (Å²) in [7, 11) is 0. The lowest BCUT2D eigenvalue weighted by Gasteiger charge is -2.22. The molecular weight excluding hydrogens is 259 g/mol. The first kappa shape index (κ1) is 18.6. The molecule has 0 N–H and O–H groups in total. The van der Waals surface area contributed by atoms with E-state index in [1.54, 1.807) is 0 Å². The van der Waals surface area contributed by atoms with Gasteiger partial charge in [0.15, 0.2) is 0 Å². The molecule has 0 aliphatic carbocycles. The summed E-state index contributed by atoms with van der Waals surface area (Å²) >= 11 is 5.87. The maximum Gasteiger partial charge on any atom is 0.0674 e. The molecule has 0 atom stereocenters. The van der Waals surface area contributed by atoms with Gasteiger partial charge < -0.3 is 4.52 Å². The lowest BCUT2D eigenvalue weighted by molar-refractivity contribution is 0.335. The zero-order valence-electron chi connectivity index (χ0n) is 12.7. The Morgan fingerprint density at radius 1 is 0.722 bits per heavy atom. The second-order valence-corrected chi connectivity index (χ2v) is 9.99. The van der Waals surface area contributed by atoms with Gasteiger partial charge >= 0.3 is 0 Å². The van der Waals surface area contributed by atoms with Crippen molar-refractivity contribution >= 4 is 18.1 Å². The highest BCUT2D eigenvalue weighted by atomic mass is 32.4. The predicted molar refractivity (Wildman–Crippen MR) is 88.5 cm³/mol. The molecule has 0 bridgehead atoms. The molecular formula is C15H33OPS. The van der Waals surface area contributed by atoms with E-state index in [1.807, 2.05) is 0 Å². The fraction of sp³-hybridized carbons (Fsp3) is 1.00. The summed E-state index contributed by atoms with van der Waals surface area (Å²) < 4.78 is 6.15. The van der Waals surface area contributed by atoms with E-state index in [0.29, 0.717) is 0 Å². The quantitative estimate of drug-likeness (QED) is 0.305. The van der Waals surface area contributed by atoms with Gasteiger partial charge in [-0.1, -0.05) is 71.1 Å². The topological polar surface area (TPSA) is 9.23 Å². The molecule has 3 heteroatoms. The normalized spacial score (nSPS) is 11.9. The second-order valence-electron chi connectivity index (χ2n) is 5.22. The van der Waals surface area contributed by atoms with Gasteiger partial charge in [0, 0.05) is 0 Å². The Bertz CT molecular complexity index is 205. The van der Waals surface area contributed by atoms with Crippen LogP contribution < -0.4 is 0 Å². The van der Waals surface area contributed by atoms with Crippen molar-refractivity contribution in [2.24, 2.45) is 0 Å². The molecule has 0 aliphatic rings. The van der Waals surface area contributed by atoms with Crippen LogP contribution in [0.4, 0.5) is 0 Å². The van der Waals surface area contributed by atoms with Crippen molar-refractivity contribution in [1.82, 2.24) is 0 Å². The van der Waals surface area contributed by atoms with Crippen LogP contribution in [0.3, 0.4) is 0 Å². The van der Waals surface area contributed by atoms with Crippen molar-refractivity contribution in [2.75, 3.05) is 18.9 Å². The van der Waals surface area contributed by atoms with E-state index in [-0.39, 0.29) is 0 Å². The molecule has 0 aromatic rings. The van der Waals surface area contributed by atoms with Crippen LogP contribution in [0.1, 0.15) is 78.6 Å². The van der Waals surface area contributed by atoms with Crippen molar-refractivity contribution in [1.29, 1.82) is 0 Å². The molecule has 110 valence electrons. The molecule has 18 heavy (non-hydrogen) atoms. The Morgan fingerprint density at radius 3 is 1.61 bits per heavy atom. The van der Waals surface area contributed by atoms with E-state index in [0.717, 1.165) is 6.61 Å². The van der Waals surface area contributed by atoms with Gasteiger partial charge in [0.05, 0.1) is 12.9 Å². The monoisotopic (exact) mass is 292 g/mol. The van der Waals surface area contributed by atoms with Gasteiger partial charge in [-0.2, -0.15) is 0 Å². The van der Waals surface area contributed by atoms with E-state index in [2.05, 4.69) is 20.8 Å². The van der Waals surface area contributed by atoms with E-state index >= 15 is 0 Å². The van der Waals surface area contributed by atoms with E-state index in [1.165, 1.54) is 70.1 Å². The van der Waals surface area contributed by atoms with Gasteiger partial charge in [-0.25, -0.2) is 0 Å². The molecule has 0 amide bonds. The van der Waals surface area contributed by atoms with Crippen LogP contribution in [-0.4, -0.2) is 18.9 Å². The third-order valence-electron chi connectivity index (χ3n) is 3.28. The lowest BCUT2D eigenvalue weighted by Crippen LogP contribution is -2.02. The number of hydrogen-bond donors (Lipinski definition) is 0. The van der Waals surface area contributed by atoms with Gasteiger partial charge in [-0.15, -0.1) is 0 Å². The highest BCUT2D eigenvalue weighted by Crippen LogP contribution is 2.49. The molecule has 0 rings (SSSR count). The van der Waals surface area contributed by atoms with Crippen molar-refractivity contribution < 1.29 is 4.52 Å². The molecule has 0 aromatic carbocycles. The summed E-state index contributed by atoms with van der Waals surface area (Å²) in [5.74, 6) is 0. The lowest BCUT2D eigenvalue weighted by atomic mass is 10.3. The van der Waals surface area contributed by atoms with Crippen molar-refractivity contribution in [2.45, 2.75) is 78.6 Å². The van der Waals surface area contributed by atoms with Gasteiger partial charge in [0.1, 0.15) is 0 Å². The van der Waals surface area contributed by atoms with Gasteiger partial charge in [-0.05, 0) is 31.6 Å². The SMILES string of the molecule is CCCCCOP(=S)(CCCCC)CCCCC. The Kier molecular flexibility index (Phi) is 13.1. The average Bonchev–Trinajstić information content (AvgIpc) is 2.36. The van der Waals surface area contributed by atoms with E-state index in [4.69, 9.17) is 16.3 Å². The molecule has 0 saturated carbocycles. The minimum atomic E-state index is -1.49. The zero-order chi connectivity index (χ0) is 13.7. The molecule has 0 spiro atoms. The molecule has 0 unspecified atom stereocenters. The van der Waals surface area contributed by atoms with Crippen molar-refractivity contribution in [3.63, 3.8) is 0 Å². The largest absolute Gasteiger partial charge is 0.351 e. The smallest absolute Gasteiger partial charge is 0.0674 e. The van der Waals surface area contributed by atoms with Gasteiger partial charge in [0.2, 0.25) is 0 Å². The van der Waals surface area contributed by atoms with Crippen LogP contribution in [-0.2, 0) is 16.3 Å². The standard InChI is InChI=1S/C15H33OPS/c1-4-7-10-13-16-17(18,14-11-8-5-2)15-12-9-6-3/h4-15H2,1-3H3. The Labute approximate surface area is 120 Å². The molecule has 0 aromatic heterocycles. The minimum Gasteiger partial charge on any atom is -0.351 e. The second kappa shape index (κ2) is 12.6. The summed E-state index contributed by atoms with van der Waals surface area (Å²) in [6.45, 7) is 7.65. The maximum absolute atomic E-state index is 6.15. The van der Waals surface area contributed by atoms with Crippen LogP contribution >= 0.6 is 6.26 Å². The first-order valence-corrected chi connectivity index (χ1v) is 11.0. The molecule has 0 aliphatic heterocycles. The number of rotatable bonds is 13. The summed E-state index contributed by atoms with van der Waals surface area (Å²) in [4.78, 5) is 0.